The first-order valence-corrected chi connectivity index (χ1v) is 23.3. The van der Waals surface area contributed by atoms with E-state index in [-0.39, 0.29) is 41.6 Å². The fourth-order valence-corrected chi connectivity index (χ4v) is 13.0. The van der Waals surface area contributed by atoms with Crippen LogP contribution in [-0.2, 0) is 30.0 Å². The van der Waals surface area contributed by atoms with E-state index in [1.54, 1.807) is 30.0 Å². The quantitative estimate of drug-likeness (QED) is 0.0338. The number of aliphatic carboxylic acids is 1. The molecule has 1 N–H and O–H groups in total. The largest absolute Gasteiger partial charge is 0.481 e. The molecule has 1 aliphatic heterocycles. The van der Waals surface area contributed by atoms with Crippen LogP contribution in [0.25, 0.3) is 0 Å². The molecular formula is C45H52NO7PSi. The Morgan fingerprint density at radius 1 is 0.891 bits per heavy atom. The van der Waals surface area contributed by atoms with Gasteiger partial charge in [0.2, 0.25) is 5.91 Å². The number of hydrogen-bond donors (Lipinski definition) is 1. The molecule has 0 unspecified atom stereocenters. The summed E-state index contributed by atoms with van der Waals surface area (Å²) >= 11 is 0. The van der Waals surface area contributed by atoms with Crippen molar-refractivity contribution in [2.45, 2.75) is 77.7 Å². The van der Waals surface area contributed by atoms with Gasteiger partial charge in [-0.25, -0.2) is 4.79 Å². The van der Waals surface area contributed by atoms with Crippen LogP contribution >= 0.6 is 6.89 Å². The molecule has 4 aromatic rings. The molecule has 1 heterocycles. The number of ether oxygens (including phenoxy) is 1. The minimum Gasteiger partial charge on any atom is -0.481 e. The molecule has 5 rings (SSSR count). The fraction of sp³-hybridized carbons (Fsp3) is 0.311. The number of carbonyl (C=O) groups excluding carboxylic acids is 3. The third-order valence-electron chi connectivity index (χ3n) is 11.0. The number of hydrogen-bond acceptors (Lipinski definition) is 6. The van der Waals surface area contributed by atoms with Gasteiger partial charge in [0.15, 0.2) is 14.1 Å². The van der Waals surface area contributed by atoms with E-state index in [2.05, 4.69) is 40.4 Å². The van der Waals surface area contributed by atoms with Gasteiger partial charge in [0, 0.05) is 18.9 Å². The number of esters is 1. The van der Waals surface area contributed by atoms with Crippen LogP contribution in [0.5, 0.6) is 0 Å². The standard InChI is InChI=1S/C45H52NO7PSi/c1-9-27-52-44(51)43(54(35-19-13-10-14-20-35,36-21-15-11-16-22-36)37-23-17-12-18-24-37)46-38(41(42(46)50)32(3)53-55(7,8)45(4,5)6)30-39(47)34-26-25-33(29-40(48)49)31(2)28-34/h9-26,28,32,38,41H,1,27,29-30H2,2-8H3,(H,48,49)/t32-,38-,41-/m1/s1. The first-order chi connectivity index (χ1) is 26.0. The predicted molar refractivity (Wildman–Crippen MR) is 225 cm³/mol. The Morgan fingerprint density at radius 2 is 1.40 bits per heavy atom. The van der Waals surface area contributed by atoms with Crippen LogP contribution in [0, 0.1) is 12.8 Å². The Morgan fingerprint density at radius 3 is 1.84 bits per heavy atom. The van der Waals surface area contributed by atoms with Crippen LogP contribution < -0.4 is 15.9 Å². The van der Waals surface area contributed by atoms with Crippen molar-refractivity contribution in [2.75, 3.05) is 6.61 Å². The van der Waals surface area contributed by atoms with Crippen LogP contribution in [0.2, 0.25) is 18.1 Å². The monoisotopic (exact) mass is 777 g/mol. The van der Waals surface area contributed by atoms with Crippen molar-refractivity contribution in [3.05, 3.63) is 139 Å². The van der Waals surface area contributed by atoms with E-state index < -0.39 is 45.2 Å². The summed E-state index contributed by atoms with van der Waals surface area (Å²) in [6.45, 7) is 14.8. The van der Waals surface area contributed by atoms with E-state index in [9.17, 15) is 19.5 Å². The highest BCUT2D eigenvalue weighted by molar-refractivity contribution is 7.96. The maximum absolute atomic E-state index is 15.1. The van der Waals surface area contributed by atoms with Crippen molar-refractivity contribution >= 4 is 60.2 Å². The second-order valence-electron chi connectivity index (χ2n) is 15.6. The number of likely N-dealkylation sites (tertiary alicyclic amines) is 1. The van der Waals surface area contributed by atoms with E-state index in [1.165, 1.54) is 6.08 Å². The second-order valence-corrected chi connectivity index (χ2v) is 23.7. The number of carboxylic acid groups (broad SMARTS) is 1. The van der Waals surface area contributed by atoms with Gasteiger partial charge in [0.25, 0.3) is 0 Å². The van der Waals surface area contributed by atoms with Crippen molar-refractivity contribution in [2.24, 2.45) is 5.92 Å². The molecule has 0 spiro atoms. The van der Waals surface area contributed by atoms with Crippen molar-refractivity contribution < 1.29 is 33.4 Å². The van der Waals surface area contributed by atoms with E-state index >= 15 is 4.79 Å². The molecule has 1 aliphatic rings. The minimum absolute atomic E-state index is 0.0807. The Hall–Kier alpha value is -4.82. The molecule has 1 saturated heterocycles. The molecule has 288 valence electrons. The van der Waals surface area contributed by atoms with Gasteiger partial charge in [-0.2, -0.15) is 0 Å². The van der Waals surface area contributed by atoms with Crippen molar-refractivity contribution in [3.63, 3.8) is 0 Å². The highest BCUT2D eigenvalue weighted by atomic mass is 31.2. The zero-order valence-electron chi connectivity index (χ0n) is 32.8. The SMILES string of the molecule is C=CCOC(=O)C(N1C(=O)[C@H]([C@@H](C)O[Si](C)(C)C(C)(C)C)[C@H]1CC(=O)c1ccc(CC(=O)O)c(C)c1)=P(c1ccccc1)(c1ccccc1)c1ccccc1. The summed E-state index contributed by atoms with van der Waals surface area (Å²) in [7, 11) is -2.39. The topological polar surface area (TPSA) is 110 Å². The van der Waals surface area contributed by atoms with Gasteiger partial charge in [-0.15, -0.1) is 0 Å². The van der Waals surface area contributed by atoms with Gasteiger partial charge in [-0.3, -0.25) is 14.4 Å². The normalized spacial score (nSPS) is 16.5. The number of nitrogens with zero attached hydrogens (tertiary/aromatic N) is 1. The molecule has 0 aliphatic carbocycles. The summed E-state index contributed by atoms with van der Waals surface area (Å²) in [4.78, 5) is 57.4. The highest BCUT2D eigenvalue weighted by Crippen LogP contribution is 2.50. The zero-order valence-corrected chi connectivity index (χ0v) is 34.7. The molecule has 1 fully saturated rings. The van der Waals surface area contributed by atoms with Crippen molar-refractivity contribution in [3.8, 4) is 0 Å². The van der Waals surface area contributed by atoms with E-state index in [1.807, 2.05) is 97.9 Å². The first kappa shape index (κ1) is 41.3. The van der Waals surface area contributed by atoms with Crippen LogP contribution in [-0.4, -0.2) is 66.1 Å². The molecule has 8 nitrogen and oxygen atoms in total. The molecule has 0 aromatic heterocycles. The average Bonchev–Trinajstić information content (AvgIpc) is 3.14. The summed E-state index contributed by atoms with van der Waals surface area (Å²) in [6.07, 6.45) is 0.669. The average molecular weight is 778 g/mol. The first-order valence-electron chi connectivity index (χ1n) is 18.6. The molecular weight excluding hydrogens is 726 g/mol. The predicted octanol–water partition coefficient (Wildman–Crippen LogP) is 7.29. The lowest BCUT2D eigenvalue weighted by Gasteiger charge is -2.53. The molecule has 1 amide bonds. The zero-order chi connectivity index (χ0) is 40.1. The van der Waals surface area contributed by atoms with Gasteiger partial charge >= 0.3 is 11.9 Å². The summed E-state index contributed by atoms with van der Waals surface area (Å²) in [5, 5.41) is 11.8. The fourth-order valence-electron chi connectivity index (χ4n) is 7.18. The number of Topliss-reactive ketones (excluding diaryl/α,β-unsaturated/α-hetero) is 1. The molecule has 3 atom stereocenters. The summed E-state index contributed by atoms with van der Waals surface area (Å²) < 4.78 is 12.8. The van der Waals surface area contributed by atoms with Gasteiger partial charge in [-0.1, -0.05) is 137 Å². The van der Waals surface area contributed by atoms with Gasteiger partial charge in [0.1, 0.15) is 12.0 Å². The van der Waals surface area contributed by atoms with Gasteiger partial charge in [-0.05, 0) is 65.1 Å². The number of ketones is 1. The van der Waals surface area contributed by atoms with Gasteiger partial charge < -0.3 is 19.2 Å². The Bertz CT molecular complexity index is 2010. The van der Waals surface area contributed by atoms with E-state index in [4.69, 9.17) is 9.16 Å². The third kappa shape index (κ3) is 8.40. The molecule has 0 radical (unpaired) electrons. The van der Waals surface area contributed by atoms with Crippen LogP contribution in [0.1, 0.15) is 55.6 Å². The summed E-state index contributed by atoms with van der Waals surface area (Å²) in [5.74, 6) is -2.91. The van der Waals surface area contributed by atoms with Crippen LogP contribution in [0.4, 0.5) is 0 Å². The molecule has 10 heteroatoms. The van der Waals surface area contributed by atoms with Crippen LogP contribution in [0.15, 0.2) is 122 Å². The maximum atomic E-state index is 15.1. The number of β-lactam (4-membered cyclic amide) rings is 1. The molecule has 0 bridgehead atoms. The van der Waals surface area contributed by atoms with Crippen LogP contribution in [0.3, 0.4) is 0 Å². The number of aryl methyl sites for hydroxylation is 1. The molecule has 4 aromatic carbocycles. The summed E-state index contributed by atoms with van der Waals surface area (Å²) in [5.41, 5.74) is 1.88. The Kier molecular flexibility index (Phi) is 12.7. The lowest BCUT2D eigenvalue weighted by molar-refractivity contribution is -0.156. The number of carbonyl (C=O) groups is 4. The maximum Gasteiger partial charge on any atom is 0.356 e. The molecule has 55 heavy (non-hydrogen) atoms. The lowest BCUT2D eigenvalue weighted by Crippen LogP contribution is -2.69. The highest BCUT2D eigenvalue weighted by Gasteiger charge is 2.57. The second kappa shape index (κ2) is 16.9. The van der Waals surface area contributed by atoms with E-state index in [0.717, 1.165) is 15.9 Å². The minimum atomic E-state index is -3.21. The number of rotatable bonds is 15. The summed E-state index contributed by atoms with van der Waals surface area (Å²) in [6, 6.07) is 33.5. The Balaban J connectivity index is 1.81. The van der Waals surface area contributed by atoms with Crippen molar-refractivity contribution in [1.29, 1.82) is 0 Å². The smallest absolute Gasteiger partial charge is 0.356 e. The van der Waals surface area contributed by atoms with E-state index in [0.29, 0.717) is 16.7 Å². The Labute approximate surface area is 326 Å². The lowest BCUT2D eigenvalue weighted by atomic mass is 9.79. The molecule has 0 saturated carbocycles. The van der Waals surface area contributed by atoms with Gasteiger partial charge in [0.05, 0.1) is 24.5 Å². The third-order valence-corrected chi connectivity index (χ3v) is 19.8. The number of carboxylic acids is 1. The number of benzene rings is 4. The van der Waals surface area contributed by atoms with Crippen molar-refractivity contribution in [1.82, 2.24) is 4.90 Å². The number of amides is 1.